The molecule has 1 aromatic rings. The van der Waals surface area contributed by atoms with E-state index in [0.29, 0.717) is 24.3 Å². The van der Waals surface area contributed by atoms with Gasteiger partial charge < -0.3 is 19.9 Å². The van der Waals surface area contributed by atoms with Crippen LogP contribution in [0.4, 0.5) is 5.69 Å². The normalized spacial score (nSPS) is 21.5. The molecule has 1 heterocycles. The summed E-state index contributed by atoms with van der Waals surface area (Å²) in [5, 5.41) is 11.6. The van der Waals surface area contributed by atoms with E-state index in [1.807, 2.05) is 13.0 Å². The van der Waals surface area contributed by atoms with E-state index in [2.05, 4.69) is 5.32 Å². The minimum atomic E-state index is -1.03. The van der Waals surface area contributed by atoms with Crippen molar-refractivity contribution in [1.29, 1.82) is 0 Å². The van der Waals surface area contributed by atoms with E-state index in [1.165, 1.54) is 7.11 Å². The number of ether oxygens (including phenoxy) is 2. The van der Waals surface area contributed by atoms with Crippen molar-refractivity contribution < 1.29 is 24.2 Å². The molecule has 6 heteroatoms. The van der Waals surface area contributed by atoms with Crippen molar-refractivity contribution in [2.24, 2.45) is 0 Å². The van der Waals surface area contributed by atoms with Crippen LogP contribution in [0.1, 0.15) is 18.4 Å². The minimum absolute atomic E-state index is 0.346. The van der Waals surface area contributed by atoms with E-state index in [4.69, 9.17) is 14.6 Å². The Morgan fingerprint density at radius 2 is 2.05 bits per heavy atom. The van der Waals surface area contributed by atoms with Gasteiger partial charge in [0.15, 0.2) is 6.10 Å². The third-order valence-electron chi connectivity index (χ3n) is 3.20. The third kappa shape index (κ3) is 3.08. The number of methoxy groups -OCH3 is 1. The second kappa shape index (κ2) is 5.92. The Labute approximate surface area is 116 Å². The summed E-state index contributed by atoms with van der Waals surface area (Å²) in [4.78, 5) is 22.9. The molecule has 1 aliphatic heterocycles. The zero-order valence-corrected chi connectivity index (χ0v) is 11.4. The highest BCUT2D eigenvalue weighted by molar-refractivity contribution is 5.96. The van der Waals surface area contributed by atoms with Crippen LogP contribution in [0.5, 0.6) is 5.75 Å². The topological polar surface area (TPSA) is 84.9 Å². The average Bonchev–Trinajstić information content (AvgIpc) is 2.89. The van der Waals surface area contributed by atoms with E-state index in [1.54, 1.807) is 12.1 Å². The third-order valence-corrected chi connectivity index (χ3v) is 3.20. The Hall–Kier alpha value is -2.08. The molecule has 0 bridgehead atoms. The van der Waals surface area contributed by atoms with Crippen LogP contribution in [-0.2, 0) is 14.3 Å². The number of carbonyl (C=O) groups excluding carboxylic acids is 1. The molecule has 108 valence electrons. The second-order valence-corrected chi connectivity index (χ2v) is 4.72. The minimum Gasteiger partial charge on any atom is -0.495 e. The molecule has 1 aliphatic rings. The van der Waals surface area contributed by atoms with Crippen LogP contribution in [0.3, 0.4) is 0 Å². The second-order valence-electron chi connectivity index (χ2n) is 4.72. The molecular formula is C14H17NO5. The quantitative estimate of drug-likeness (QED) is 0.874. The fraction of sp³-hybridized carbons (Fsp3) is 0.429. The Balaban J connectivity index is 2.05. The molecule has 1 fully saturated rings. The lowest BCUT2D eigenvalue weighted by Gasteiger charge is -2.14. The maximum Gasteiger partial charge on any atom is 0.332 e. The van der Waals surface area contributed by atoms with E-state index in [-0.39, 0.29) is 5.91 Å². The van der Waals surface area contributed by atoms with Crippen molar-refractivity contribution in [3.05, 3.63) is 23.8 Å². The molecule has 2 unspecified atom stereocenters. The molecule has 1 aromatic carbocycles. The van der Waals surface area contributed by atoms with Crippen molar-refractivity contribution in [3.8, 4) is 5.75 Å². The first-order chi connectivity index (χ1) is 9.51. The Bertz CT molecular complexity index is 528. The lowest BCUT2D eigenvalue weighted by Crippen LogP contribution is -2.30. The Morgan fingerprint density at radius 3 is 2.65 bits per heavy atom. The highest BCUT2D eigenvalue weighted by atomic mass is 16.5. The lowest BCUT2D eigenvalue weighted by atomic mass is 10.1. The fourth-order valence-corrected chi connectivity index (χ4v) is 2.14. The van der Waals surface area contributed by atoms with Crippen molar-refractivity contribution in [2.45, 2.75) is 32.0 Å². The van der Waals surface area contributed by atoms with Crippen LogP contribution in [0.15, 0.2) is 18.2 Å². The van der Waals surface area contributed by atoms with Gasteiger partial charge in [-0.3, -0.25) is 4.79 Å². The van der Waals surface area contributed by atoms with E-state index >= 15 is 0 Å². The van der Waals surface area contributed by atoms with E-state index in [9.17, 15) is 9.59 Å². The summed E-state index contributed by atoms with van der Waals surface area (Å²) < 4.78 is 10.4. The monoisotopic (exact) mass is 279 g/mol. The Kier molecular flexibility index (Phi) is 4.24. The van der Waals surface area contributed by atoms with Gasteiger partial charge in [0.25, 0.3) is 5.91 Å². The summed E-state index contributed by atoms with van der Waals surface area (Å²) in [6.45, 7) is 1.90. The molecule has 1 saturated heterocycles. The molecule has 0 aliphatic carbocycles. The molecule has 2 rings (SSSR count). The number of aryl methyl sites for hydroxylation is 1. The molecule has 0 aromatic heterocycles. The zero-order valence-electron chi connectivity index (χ0n) is 11.4. The molecule has 2 N–H and O–H groups in total. The van der Waals surface area contributed by atoms with Gasteiger partial charge in [-0.2, -0.15) is 0 Å². The molecule has 0 saturated carbocycles. The van der Waals surface area contributed by atoms with Crippen LogP contribution in [0, 0.1) is 6.92 Å². The van der Waals surface area contributed by atoms with E-state index < -0.39 is 18.2 Å². The van der Waals surface area contributed by atoms with Crippen molar-refractivity contribution in [3.63, 3.8) is 0 Å². The molecule has 0 spiro atoms. The maximum atomic E-state index is 12.1. The zero-order chi connectivity index (χ0) is 14.7. The summed E-state index contributed by atoms with van der Waals surface area (Å²) >= 11 is 0. The number of carboxylic acid groups (broad SMARTS) is 1. The molecule has 0 radical (unpaired) electrons. The van der Waals surface area contributed by atoms with Crippen LogP contribution in [-0.4, -0.2) is 36.3 Å². The largest absolute Gasteiger partial charge is 0.495 e. The summed E-state index contributed by atoms with van der Waals surface area (Å²) in [5.41, 5.74) is 1.54. The molecule has 2 atom stereocenters. The van der Waals surface area contributed by atoms with Crippen molar-refractivity contribution >= 4 is 17.6 Å². The molecular weight excluding hydrogens is 262 g/mol. The number of carboxylic acids is 1. The van der Waals surface area contributed by atoms with Gasteiger partial charge in [0, 0.05) is 0 Å². The number of anilines is 1. The SMILES string of the molecule is COc1ccc(C)cc1NC(=O)C1CCC(C(=O)O)O1. The van der Waals surface area contributed by atoms with Crippen LogP contribution in [0.25, 0.3) is 0 Å². The maximum absolute atomic E-state index is 12.1. The number of nitrogens with one attached hydrogen (secondary N) is 1. The lowest BCUT2D eigenvalue weighted by molar-refractivity contribution is -0.150. The van der Waals surface area contributed by atoms with Crippen LogP contribution >= 0.6 is 0 Å². The van der Waals surface area contributed by atoms with Crippen molar-refractivity contribution in [1.82, 2.24) is 0 Å². The number of amides is 1. The standard InChI is InChI=1S/C14H17NO5/c1-8-3-4-10(19-2)9(7-8)15-13(16)11-5-6-12(20-11)14(17)18/h3-4,7,11-12H,5-6H2,1-2H3,(H,15,16)(H,17,18). The molecule has 20 heavy (non-hydrogen) atoms. The van der Waals surface area contributed by atoms with Gasteiger partial charge in [0.1, 0.15) is 11.9 Å². The average molecular weight is 279 g/mol. The summed E-state index contributed by atoms with van der Waals surface area (Å²) in [6, 6.07) is 5.43. The predicted molar refractivity (Wildman–Crippen MR) is 71.9 cm³/mol. The van der Waals surface area contributed by atoms with E-state index in [0.717, 1.165) is 5.56 Å². The van der Waals surface area contributed by atoms with Crippen LogP contribution in [0.2, 0.25) is 0 Å². The van der Waals surface area contributed by atoms with Gasteiger partial charge in [-0.15, -0.1) is 0 Å². The first kappa shape index (κ1) is 14.3. The number of carbonyl (C=O) groups is 2. The highest BCUT2D eigenvalue weighted by Crippen LogP contribution is 2.27. The molecule has 6 nitrogen and oxygen atoms in total. The predicted octanol–water partition coefficient (Wildman–Crippen LogP) is 1.57. The first-order valence-corrected chi connectivity index (χ1v) is 6.35. The van der Waals surface area contributed by atoms with Crippen molar-refractivity contribution in [2.75, 3.05) is 12.4 Å². The smallest absolute Gasteiger partial charge is 0.332 e. The fourth-order valence-electron chi connectivity index (χ4n) is 2.14. The van der Waals surface area contributed by atoms with Gasteiger partial charge in [-0.25, -0.2) is 4.79 Å². The summed E-state index contributed by atoms with van der Waals surface area (Å²) in [6.07, 6.45) is -0.888. The summed E-state index contributed by atoms with van der Waals surface area (Å²) in [5.74, 6) is -0.831. The number of benzene rings is 1. The van der Waals surface area contributed by atoms with Gasteiger partial charge in [0.2, 0.25) is 0 Å². The number of hydrogen-bond donors (Lipinski definition) is 2. The van der Waals surface area contributed by atoms with Gasteiger partial charge >= 0.3 is 5.97 Å². The van der Waals surface area contributed by atoms with Gasteiger partial charge in [0.05, 0.1) is 12.8 Å². The number of rotatable bonds is 4. The van der Waals surface area contributed by atoms with Gasteiger partial charge in [-0.1, -0.05) is 6.07 Å². The molecule has 1 amide bonds. The number of aliphatic carboxylic acids is 1. The number of hydrogen-bond acceptors (Lipinski definition) is 4. The summed E-state index contributed by atoms with van der Waals surface area (Å²) in [7, 11) is 1.52. The first-order valence-electron chi connectivity index (χ1n) is 6.35. The van der Waals surface area contributed by atoms with Gasteiger partial charge in [-0.05, 0) is 37.5 Å². The Morgan fingerprint density at radius 1 is 1.35 bits per heavy atom. The van der Waals surface area contributed by atoms with Crippen LogP contribution < -0.4 is 10.1 Å². The highest BCUT2D eigenvalue weighted by Gasteiger charge is 2.34.